The van der Waals surface area contributed by atoms with Gasteiger partial charge < -0.3 is 5.73 Å². The molecule has 1 aliphatic heterocycles. The molecule has 0 spiro atoms. The lowest BCUT2D eigenvalue weighted by Crippen LogP contribution is -2.68. The summed E-state index contributed by atoms with van der Waals surface area (Å²) in [4.78, 5) is 5.22. The van der Waals surface area contributed by atoms with Crippen molar-refractivity contribution in [2.75, 3.05) is 33.2 Å². The first kappa shape index (κ1) is 17.2. The molecule has 1 heterocycles. The summed E-state index contributed by atoms with van der Waals surface area (Å²) in [6, 6.07) is 0. The number of nitrogens with two attached hydrogens (primary N) is 1. The Morgan fingerprint density at radius 1 is 0.857 bits per heavy atom. The van der Waals surface area contributed by atoms with Crippen LogP contribution in [0.3, 0.4) is 0 Å². The van der Waals surface area contributed by atoms with Crippen molar-refractivity contribution in [3.05, 3.63) is 0 Å². The Hall–Kier alpha value is -0.120. The van der Waals surface area contributed by atoms with Crippen molar-refractivity contribution in [2.24, 2.45) is 16.6 Å². The fourth-order valence-corrected chi connectivity index (χ4v) is 5.41. The molecule has 2 fully saturated rings. The Morgan fingerprint density at radius 3 is 1.81 bits per heavy atom. The molecule has 1 saturated carbocycles. The van der Waals surface area contributed by atoms with Crippen LogP contribution in [0.1, 0.15) is 60.8 Å². The van der Waals surface area contributed by atoms with Gasteiger partial charge in [-0.15, -0.1) is 0 Å². The van der Waals surface area contributed by atoms with Crippen molar-refractivity contribution < 1.29 is 0 Å². The lowest BCUT2D eigenvalue weighted by atomic mass is 9.57. The van der Waals surface area contributed by atoms with Crippen LogP contribution < -0.4 is 5.73 Å². The van der Waals surface area contributed by atoms with Gasteiger partial charge in [-0.25, -0.2) is 0 Å². The lowest BCUT2D eigenvalue weighted by molar-refractivity contribution is -0.0853. The van der Waals surface area contributed by atoms with E-state index >= 15 is 0 Å². The van der Waals surface area contributed by atoms with E-state index in [0.29, 0.717) is 10.8 Å². The van der Waals surface area contributed by atoms with Crippen LogP contribution in [0, 0.1) is 10.8 Å². The third-order valence-corrected chi connectivity index (χ3v) is 5.94. The first-order valence-corrected chi connectivity index (χ1v) is 8.58. The fourth-order valence-electron chi connectivity index (χ4n) is 5.41. The quantitative estimate of drug-likeness (QED) is 0.850. The van der Waals surface area contributed by atoms with Gasteiger partial charge in [-0.1, -0.05) is 27.7 Å². The number of nitrogens with zero attached hydrogens (tertiary/aromatic N) is 2. The summed E-state index contributed by atoms with van der Waals surface area (Å²) in [5.41, 5.74) is 7.57. The highest BCUT2D eigenvalue weighted by Crippen LogP contribution is 2.52. The van der Waals surface area contributed by atoms with E-state index in [4.69, 9.17) is 5.73 Å². The monoisotopic (exact) mass is 295 g/mol. The molecule has 124 valence electrons. The molecular weight excluding hydrogens is 258 g/mol. The average Bonchev–Trinajstić information content (AvgIpc) is 2.28. The number of hydrogen-bond donors (Lipinski definition) is 1. The fraction of sp³-hybridized carbons (Fsp3) is 1.00. The second-order valence-corrected chi connectivity index (χ2v) is 9.94. The molecule has 0 unspecified atom stereocenters. The summed E-state index contributed by atoms with van der Waals surface area (Å²) in [7, 11) is 2.25. The lowest BCUT2D eigenvalue weighted by Gasteiger charge is -2.59. The molecule has 0 amide bonds. The van der Waals surface area contributed by atoms with Crippen molar-refractivity contribution in [3.63, 3.8) is 0 Å². The molecule has 0 bridgehead atoms. The number of hydrogen-bond acceptors (Lipinski definition) is 3. The van der Waals surface area contributed by atoms with Crippen LogP contribution in [0.5, 0.6) is 0 Å². The largest absolute Gasteiger partial charge is 0.329 e. The minimum atomic E-state index is 0.184. The molecule has 0 aromatic rings. The number of piperazine rings is 1. The van der Waals surface area contributed by atoms with E-state index < -0.39 is 0 Å². The minimum absolute atomic E-state index is 0.184. The standard InChI is InChI=1S/C18H37N3/c1-15(2)10-16(3,4)12-18(11-15,13-19)21-9-8-20(7)17(5,6)14-21/h8-14,19H2,1-7H3. The van der Waals surface area contributed by atoms with Gasteiger partial charge in [0.2, 0.25) is 0 Å². The van der Waals surface area contributed by atoms with E-state index in [-0.39, 0.29) is 11.1 Å². The van der Waals surface area contributed by atoms with E-state index in [1.807, 2.05) is 0 Å². The van der Waals surface area contributed by atoms with Gasteiger partial charge in [0, 0.05) is 37.3 Å². The van der Waals surface area contributed by atoms with Crippen LogP contribution in [0.2, 0.25) is 0 Å². The van der Waals surface area contributed by atoms with Crippen molar-refractivity contribution in [1.82, 2.24) is 9.80 Å². The van der Waals surface area contributed by atoms with E-state index in [2.05, 4.69) is 58.4 Å². The SMILES string of the molecule is CN1CCN(C2(CN)CC(C)(C)CC(C)(C)C2)CC1(C)C. The van der Waals surface area contributed by atoms with Gasteiger partial charge in [-0.3, -0.25) is 9.80 Å². The van der Waals surface area contributed by atoms with Crippen LogP contribution in [0.15, 0.2) is 0 Å². The zero-order chi connectivity index (χ0) is 16.1. The van der Waals surface area contributed by atoms with Crippen LogP contribution in [-0.2, 0) is 0 Å². The van der Waals surface area contributed by atoms with E-state index in [9.17, 15) is 0 Å². The molecule has 1 saturated heterocycles. The Balaban J connectivity index is 2.29. The molecule has 0 radical (unpaired) electrons. The Morgan fingerprint density at radius 2 is 1.38 bits per heavy atom. The zero-order valence-electron chi connectivity index (χ0n) is 15.4. The maximum atomic E-state index is 6.38. The van der Waals surface area contributed by atoms with Gasteiger partial charge >= 0.3 is 0 Å². The highest BCUT2D eigenvalue weighted by Gasteiger charge is 2.51. The highest BCUT2D eigenvalue weighted by molar-refractivity contribution is 5.07. The maximum Gasteiger partial charge on any atom is 0.0343 e. The smallest absolute Gasteiger partial charge is 0.0343 e. The highest BCUT2D eigenvalue weighted by atomic mass is 15.3. The molecule has 0 atom stereocenters. The maximum absolute atomic E-state index is 6.38. The van der Waals surface area contributed by atoms with Gasteiger partial charge in [0.05, 0.1) is 0 Å². The molecule has 2 N–H and O–H groups in total. The molecular formula is C18H37N3. The van der Waals surface area contributed by atoms with Crippen LogP contribution in [0.4, 0.5) is 0 Å². The molecule has 3 nitrogen and oxygen atoms in total. The van der Waals surface area contributed by atoms with Gasteiger partial charge in [0.25, 0.3) is 0 Å². The Labute approximate surface area is 132 Å². The van der Waals surface area contributed by atoms with Crippen LogP contribution in [0.25, 0.3) is 0 Å². The summed E-state index contributed by atoms with van der Waals surface area (Å²) < 4.78 is 0. The Bertz CT molecular complexity index is 368. The first-order valence-electron chi connectivity index (χ1n) is 8.58. The van der Waals surface area contributed by atoms with Crippen molar-refractivity contribution in [1.29, 1.82) is 0 Å². The summed E-state index contributed by atoms with van der Waals surface area (Å²) >= 11 is 0. The second kappa shape index (κ2) is 5.21. The van der Waals surface area contributed by atoms with Gasteiger partial charge in [-0.05, 0) is 51.0 Å². The summed E-state index contributed by atoms with van der Waals surface area (Å²) in [6.45, 7) is 18.7. The van der Waals surface area contributed by atoms with E-state index in [1.165, 1.54) is 19.3 Å². The second-order valence-electron chi connectivity index (χ2n) is 9.94. The normalized spacial score (nSPS) is 32.0. The van der Waals surface area contributed by atoms with E-state index in [0.717, 1.165) is 26.2 Å². The Kier molecular flexibility index (Phi) is 4.28. The topological polar surface area (TPSA) is 32.5 Å². The molecule has 1 aliphatic carbocycles. The van der Waals surface area contributed by atoms with Crippen LogP contribution in [-0.4, -0.2) is 54.1 Å². The third kappa shape index (κ3) is 3.46. The van der Waals surface area contributed by atoms with E-state index in [1.54, 1.807) is 0 Å². The molecule has 3 heteroatoms. The van der Waals surface area contributed by atoms with Gasteiger partial charge in [0.1, 0.15) is 0 Å². The minimum Gasteiger partial charge on any atom is -0.329 e. The molecule has 2 rings (SSSR count). The van der Waals surface area contributed by atoms with Gasteiger partial charge in [-0.2, -0.15) is 0 Å². The van der Waals surface area contributed by atoms with Gasteiger partial charge in [0.15, 0.2) is 0 Å². The first-order chi connectivity index (χ1) is 9.41. The summed E-state index contributed by atoms with van der Waals surface area (Å²) in [5.74, 6) is 0. The molecule has 21 heavy (non-hydrogen) atoms. The van der Waals surface area contributed by atoms with Crippen molar-refractivity contribution in [3.8, 4) is 0 Å². The molecule has 0 aromatic heterocycles. The predicted octanol–water partition coefficient (Wildman–Crippen LogP) is 2.95. The summed E-state index contributed by atoms with van der Waals surface area (Å²) in [5, 5.41) is 0. The van der Waals surface area contributed by atoms with Crippen molar-refractivity contribution in [2.45, 2.75) is 71.9 Å². The van der Waals surface area contributed by atoms with Crippen molar-refractivity contribution >= 4 is 0 Å². The van der Waals surface area contributed by atoms with Crippen LogP contribution >= 0.6 is 0 Å². The number of likely N-dealkylation sites (N-methyl/N-ethyl adjacent to an activating group) is 1. The molecule has 0 aromatic carbocycles. The molecule has 2 aliphatic rings. The summed E-state index contributed by atoms with van der Waals surface area (Å²) in [6.07, 6.45) is 3.78. The predicted molar refractivity (Wildman–Crippen MR) is 91.5 cm³/mol. The third-order valence-electron chi connectivity index (χ3n) is 5.94. The average molecular weight is 296 g/mol. The number of rotatable bonds is 2. The zero-order valence-corrected chi connectivity index (χ0v) is 15.4.